The highest BCUT2D eigenvalue weighted by molar-refractivity contribution is 5.94. The van der Waals surface area contributed by atoms with Gasteiger partial charge >= 0.3 is 0 Å². The molecule has 3 nitrogen and oxygen atoms in total. The van der Waals surface area contributed by atoms with Crippen molar-refractivity contribution in [3.63, 3.8) is 0 Å². The molecular formula is C22H18N2O. The SMILES string of the molecule is Nc1nccc2ccc(-c3ccc(OCc4ccccc4)cc3)cc12. The Morgan fingerprint density at radius 3 is 2.36 bits per heavy atom. The zero-order valence-corrected chi connectivity index (χ0v) is 13.7. The van der Waals surface area contributed by atoms with E-state index in [1.807, 2.05) is 36.4 Å². The molecule has 0 aliphatic rings. The summed E-state index contributed by atoms with van der Waals surface area (Å²) in [7, 11) is 0. The average molecular weight is 326 g/mol. The molecule has 0 saturated carbocycles. The standard InChI is InChI=1S/C22H18N2O/c23-22-21-14-19(7-6-18(21)12-13-24-22)17-8-10-20(11-9-17)25-15-16-4-2-1-3-5-16/h1-14H,15H2,(H2,23,24). The van der Waals surface area contributed by atoms with E-state index in [1.165, 1.54) is 0 Å². The lowest BCUT2D eigenvalue weighted by molar-refractivity contribution is 0.306. The fourth-order valence-corrected chi connectivity index (χ4v) is 2.85. The molecule has 0 spiro atoms. The van der Waals surface area contributed by atoms with Crippen LogP contribution in [0, 0.1) is 0 Å². The first-order valence-corrected chi connectivity index (χ1v) is 8.21. The fourth-order valence-electron chi connectivity index (χ4n) is 2.85. The Labute approximate surface area is 146 Å². The Balaban J connectivity index is 1.55. The van der Waals surface area contributed by atoms with Crippen molar-refractivity contribution in [2.75, 3.05) is 5.73 Å². The topological polar surface area (TPSA) is 48.1 Å². The van der Waals surface area contributed by atoms with E-state index in [-0.39, 0.29) is 0 Å². The fraction of sp³-hybridized carbons (Fsp3) is 0.0455. The Morgan fingerprint density at radius 2 is 1.56 bits per heavy atom. The van der Waals surface area contributed by atoms with Gasteiger partial charge in [0.05, 0.1) is 0 Å². The van der Waals surface area contributed by atoms with E-state index in [2.05, 4.69) is 47.4 Å². The van der Waals surface area contributed by atoms with E-state index in [1.54, 1.807) is 6.20 Å². The number of fused-ring (bicyclic) bond motifs is 1. The summed E-state index contributed by atoms with van der Waals surface area (Å²) in [6.07, 6.45) is 1.73. The van der Waals surface area contributed by atoms with Gasteiger partial charge in [-0.3, -0.25) is 0 Å². The summed E-state index contributed by atoms with van der Waals surface area (Å²) in [5.41, 5.74) is 9.38. The van der Waals surface area contributed by atoms with Crippen molar-refractivity contribution >= 4 is 16.6 Å². The van der Waals surface area contributed by atoms with Crippen molar-refractivity contribution < 1.29 is 4.74 Å². The second-order valence-electron chi connectivity index (χ2n) is 5.93. The molecule has 0 aliphatic carbocycles. The minimum atomic E-state index is 0.558. The zero-order valence-electron chi connectivity index (χ0n) is 13.7. The summed E-state index contributed by atoms with van der Waals surface area (Å²) < 4.78 is 5.84. The second kappa shape index (κ2) is 6.65. The quantitative estimate of drug-likeness (QED) is 0.570. The van der Waals surface area contributed by atoms with Crippen LogP contribution in [-0.2, 0) is 6.61 Å². The van der Waals surface area contributed by atoms with E-state index in [9.17, 15) is 0 Å². The van der Waals surface area contributed by atoms with Crippen molar-refractivity contribution in [3.8, 4) is 16.9 Å². The molecule has 0 aliphatic heterocycles. The van der Waals surface area contributed by atoms with E-state index in [0.717, 1.165) is 33.2 Å². The van der Waals surface area contributed by atoms with Crippen LogP contribution in [0.15, 0.2) is 85.1 Å². The molecule has 0 amide bonds. The van der Waals surface area contributed by atoms with E-state index in [0.29, 0.717) is 12.4 Å². The molecule has 0 unspecified atom stereocenters. The number of hydrogen-bond acceptors (Lipinski definition) is 3. The lowest BCUT2D eigenvalue weighted by Crippen LogP contribution is -1.94. The van der Waals surface area contributed by atoms with Crippen LogP contribution in [0.3, 0.4) is 0 Å². The molecule has 1 heterocycles. The van der Waals surface area contributed by atoms with Gasteiger partial charge in [-0.15, -0.1) is 0 Å². The molecule has 2 N–H and O–H groups in total. The minimum Gasteiger partial charge on any atom is -0.489 e. The summed E-state index contributed by atoms with van der Waals surface area (Å²) in [5.74, 6) is 1.41. The number of aromatic nitrogens is 1. The van der Waals surface area contributed by atoms with Crippen LogP contribution in [0.2, 0.25) is 0 Å². The largest absolute Gasteiger partial charge is 0.489 e. The van der Waals surface area contributed by atoms with Gasteiger partial charge < -0.3 is 10.5 Å². The lowest BCUT2D eigenvalue weighted by atomic mass is 10.0. The zero-order chi connectivity index (χ0) is 17.1. The van der Waals surface area contributed by atoms with Gasteiger partial charge in [0.1, 0.15) is 18.2 Å². The first kappa shape index (κ1) is 15.2. The number of pyridine rings is 1. The van der Waals surface area contributed by atoms with Crippen LogP contribution >= 0.6 is 0 Å². The molecular weight excluding hydrogens is 308 g/mol. The molecule has 0 saturated heterocycles. The van der Waals surface area contributed by atoms with Crippen molar-refractivity contribution in [2.24, 2.45) is 0 Å². The third-order valence-electron chi connectivity index (χ3n) is 4.23. The summed E-state index contributed by atoms with van der Waals surface area (Å²) in [6, 6.07) is 26.5. The van der Waals surface area contributed by atoms with Gasteiger partial charge in [0.2, 0.25) is 0 Å². The molecule has 25 heavy (non-hydrogen) atoms. The highest BCUT2D eigenvalue weighted by Gasteiger charge is 2.04. The van der Waals surface area contributed by atoms with Gasteiger partial charge in [0.25, 0.3) is 0 Å². The molecule has 4 rings (SSSR count). The first-order valence-electron chi connectivity index (χ1n) is 8.21. The molecule has 0 radical (unpaired) electrons. The third kappa shape index (κ3) is 3.31. The van der Waals surface area contributed by atoms with E-state index in [4.69, 9.17) is 10.5 Å². The normalized spacial score (nSPS) is 10.7. The Kier molecular flexibility index (Phi) is 4.05. The van der Waals surface area contributed by atoms with Crippen LogP contribution in [0.25, 0.3) is 21.9 Å². The summed E-state index contributed by atoms with van der Waals surface area (Å²) >= 11 is 0. The second-order valence-corrected chi connectivity index (χ2v) is 5.93. The third-order valence-corrected chi connectivity index (χ3v) is 4.23. The molecule has 0 fully saturated rings. The molecule has 0 atom stereocenters. The summed E-state index contributed by atoms with van der Waals surface area (Å²) in [5, 5.41) is 2.07. The Bertz CT molecular complexity index is 995. The molecule has 1 aromatic heterocycles. The summed E-state index contributed by atoms with van der Waals surface area (Å²) in [6.45, 7) is 0.568. The molecule has 3 aromatic carbocycles. The van der Waals surface area contributed by atoms with Gasteiger partial charge in [-0.25, -0.2) is 4.98 Å². The van der Waals surface area contributed by atoms with Crippen molar-refractivity contribution in [1.29, 1.82) is 0 Å². The maximum absolute atomic E-state index is 5.99. The predicted octanol–water partition coefficient (Wildman–Crippen LogP) is 5.06. The number of hydrogen-bond donors (Lipinski definition) is 1. The van der Waals surface area contributed by atoms with Gasteiger partial charge in [-0.1, -0.05) is 54.6 Å². The molecule has 4 aromatic rings. The minimum absolute atomic E-state index is 0.558. The number of anilines is 1. The average Bonchev–Trinajstić information content (AvgIpc) is 2.68. The Hall–Kier alpha value is -3.33. The van der Waals surface area contributed by atoms with Crippen molar-refractivity contribution in [2.45, 2.75) is 6.61 Å². The van der Waals surface area contributed by atoms with E-state index >= 15 is 0 Å². The van der Waals surface area contributed by atoms with Crippen molar-refractivity contribution in [3.05, 3.63) is 90.6 Å². The Morgan fingerprint density at radius 1 is 0.800 bits per heavy atom. The number of ether oxygens (including phenoxy) is 1. The molecule has 122 valence electrons. The van der Waals surface area contributed by atoms with Crippen LogP contribution < -0.4 is 10.5 Å². The predicted molar refractivity (Wildman–Crippen MR) is 102 cm³/mol. The molecule has 0 bridgehead atoms. The number of nitrogens with zero attached hydrogens (tertiary/aromatic N) is 1. The molecule has 3 heteroatoms. The van der Waals surface area contributed by atoms with Gasteiger partial charge in [-0.2, -0.15) is 0 Å². The maximum atomic E-state index is 5.99. The van der Waals surface area contributed by atoms with Crippen LogP contribution in [-0.4, -0.2) is 4.98 Å². The van der Waals surface area contributed by atoms with Gasteiger partial charge in [0.15, 0.2) is 0 Å². The number of nitrogen functional groups attached to an aromatic ring is 1. The maximum Gasteiger partial charge on any atom is 0.131 e. The highest BCUT2D eigenvalue weighted by atomic mass is 16.5. The van der Waals surface area contributed by atoms with Crippen molar-refractivity contribution in [1.82, 2.24) is 4.98 Å². The van der Waals surface area contributed by atoms with Gasteiger partial charge in [0, 0.05) is 11.6 Å². The van der Waals surface area contributed by atoms with Crippen LogP contribution in [0.5, 0.6) is 5.75 Å². The number of rotatable bonds is 4. The van der Waals surface area contributed by atoms with Crippen LogP contribution in [0.1, 0.15) is 5.56 Å². The smallest absolute Gasteiger partial charge is 0.131 e. The summed E-state index contributed by atoms with van der Waals surface area (Å²) in [4.78, 5) is 4.17. The van der Waals surface area contributed by atoms with E-state index < -0.39 is 0 Å². The lowest BCUT2D eigenvalue weighted by Gasteiger charge is -2.09. The van der Waals surface area contributed by atoms with Gasteiger partial charge in [-0.05, 0) is 46.3 Å². The first-order chi connectivity index (χ1) is 12.3. The number of benzene rings is 3. The number of nitrogens with two attached hydrogens (primary N) is 1. The van der Waals surface area contributed by atoms with Crippen LogP contribution in [0.4, 0.5) is 5.82 Å². The monoisotopic (exact) mass is 326 g/mol. The highest BCUT2D eigenvalue weighted by Crippen LogP contribution is 2.28.